The van der Waals surface area contributed by atoms with Gasteiger partial charge in [-0.15, -0.1) is 23.1 Å². The number of carbonyl (C=O) groups is 3. The largest absolute Gasteiger partial charge is 0.477 e. The molecule has 0 saturated carbocycles. The van der Waals surface area contributed by atoms with E-state index in [0.29, 0.717) is 5.03 Å². The monoisotopic (exact) mass is 623 g/mol. The molecule has 19 heteroatoms. The second-order valence-electron chi connectivity index (χ2n) is 7.63. The molecule has 2 aliphatic rings. The lowest BCUT2D eigenvalue weighted by Crippen LogP contribution is -2.71. The topological polar surface area (TPSA) is 234 Å². The lowest BCUT2D eigenvalue weighted by molar-refractivity contribution is -0.150. The fourth-order valence-electron chi connectivity index (χ4n) is 3.61. The molecule has 0 aromatic carbocycles. The summed E-state index contributed by atoms with van der Waals surface area (Å²) in [4.78, 5) is 48.5. The molecule has 2 aromatic rings. The number of carbonyl (C=O) groups excluding carboxylic acids is 2. The summed E-state index contributed by atoms with van der Waals surface area (Å²) in [6.45, 7) is 0. The zero-order valence-corrected chi connectivity index (χ0v) is 23.7. The number of hydrogen-bond acceptors (Lipinski definition) is 15. The van der Waals surface area contributed by atoms with Crippen molar-refractivity contribution in [1.82, 2.24) is 19.6 Å². The first-order chi connectivity index (χ1) is 18.6. The van der Waals surface area contributed by atoms with Crippen LogP contribution in [0.1, 0.15) is 16.1 Å². The Balaban J connectivity index is 1.58. The lowest BCUT2D eigenvalue weighted by atomic mass is 10.00. The van der Waals surface area contributed by atoms with Crippen LogP contribution in [-0.2, 0) is 19.2 Å². The summed E-state index contributed by atoms with van der Waals surface area (Å²) < 4.78 is 4.21. The Morgan fingerprint density at radius 1 is 1.51 bits per heavy atom. The fraction of sp³-hybridized carbons (Fsp3) is 0.250. The maximum absolute atomic E-state index is 13.1. The quantitative estimate of drug-likeness (QED) is 0.0464. The molecule has 39 heavy (non-hydrogen) atoms. The highest BCUT2D eigenvalue weighted by Gasteiger charge is 2.55. The average Bonchev–Trinajstić information content (AvgIpc) is 3.53. The number of thiocarbonyl (C=S) groups is 1. The molecular formula is C20H17N9O5S5. The molecule has 0 aliphatic carbocycles. The number of thioether (sulfide) groups is 2. The molecule has 1 fully saturated rings. The molecule has 2 aliphatic heterocycles. The molecule has 14 nitrogen and oxygen atoms in total. The predicted molar refractivity (Wildman–Crippen MR) is 151 cm³/mol. The number of nitrogens with zero attached hydrogens (tertiary/aromatic N) is 5. The SMILES string of the molecule is CO/N=C(\C(=O)N[C@@H]1C(=O)N2C(C(=O)O)=C(C(=S)c3snc(SCC(=N)N)c3C#N)CS[C@@H]12)c1csc(N)n1. The molecule has 1 saturated heterocycles. The third-order valence-corrected chi connectivity index (χ3v) is 9.77. The minimum absolute atomic E-state index is 0.0815. The van der Waals surface area contributed by atoms with E-state index in [0.717, 1.165) is 39.5 Å². The first kappa shape index (κ1) is 28.4. The van der Waals surface area contributed by atoms with Crippen LogP contribution in [0.15, 0.2) is 26.8 Å². The van der Waals surface area contributed by atoms with E-state index in [4.69, 9.17) is 33.9 Å². The third-order valence-electron chi connectivity index (χ3n) is 5.24. The number of anilines is 1. The number of oxime groups is 1. The van der Waals surface area contributed by atoms with Crippen molar-refractivity contribution in [3.63, 3.8) is 0 Å². The van der Waals surface area contributed by atoms with Crippen LogP contribution in [0.2, 0.25) is 0 Å². The number of thiazole rings is 1. The molecule has 2 amide bonds. The summed E-state index contributed by atoms with van der Waals surface area (Å²) in [7, 11) is 1.25. The van der Waals surface area contributed by atoms with Crippen LogP contribution in [0.3, 0.4) is 0 Å². The van der Waals surface area contributed by atoms with Crippen molar-refractivity contribution in [2.45, 2.75) is 16.4 Å². The second kappa shape index (κ2) is 11.7. The van der Waals surface area contributed by atoms with Gasteiger partial charge in [0.05, 0.1) is 15.5 Å². The van der Waals surface area contributed by atoms with Crippen LogP contribution >= 0.6 is 58.6 Å². The molecular weight excluding hydrogens is 607 g/mol. The molecule has 0 unspecified atom stereocenters. The highest BCUT2D eigenvalue weighted by atomic mass is 32.2. The maximum Gasteiger partial charge on any atom is 0.353 e. The number of aromatic nitrogens is 2. The summed E-state index contributed by atoms with van der Waals surface area (Å²) in [5.41, 5.74) is 11.0. The van der Waals surface area contributed by atoms with E-state index in [1.165, 1.54) is 24.3 Å². The fourth-order valence-corrected chi connectivity index (χ4v) is 7.66. The Kier molecular flexibility index (Phi) is 8.51. The smallest absolute Gasteiger partial charge is 0.353 e. The van der Waals surface area contributed by atoms with Crippen LogP contribution in [0.5, 0.6) is 0 Å². The van der Waals surface area contributed by atoms with Gasteiger partial charge in [0.15, 0.2) is 10.8 Å². The van der Waals surface area contributed by atoms with Gasteiger partial charge in [-0.25, -0.2) is 9.78 Å². The van der Waals surface area contributed by atoms with Crippen molar-refractivity contribution in [3.8, 4) is 6.07 Å². The summed E-state index contributed by atoms with van der Waals surface area (Å²) in [6, 6.07) is 0.985. The van der Waals surface area contributed by atoms with E-state index in [9.17, 15) is 24.8 Å². The number of carboxylic acid groups (broad SMARTS) is 1. The van der Waals surface area contributed by atoms with Crippen LogP contribution < -0.4 is 16.8 Å². The minimum Gasteiger partial charge on any atom is -0.477 e. The van der Waals surface area contributed by atoms with Gasteiger partial charge in [-0.1, -0.05) is 29.1 Å². The summed E-state index contributed by atoms with van der Waals surface area (Å²) in [5.74, 6) is -2.67. The number of amidine groups is 1. The molecule has 2 atom stereocenters. The van der Waals surface area contributed by atoms with Crippen molar-refractivity contribution in [3.05, 3.63) is 32.8 Å². The van der Waals surface area contributed by atoms with Crippen molar-refractivity contribution in [2.24, 2.45) is 10.9 Å². The maximum atomic E-state index is 13.1. The first-order valence-electron chi connectivity index (χ1n) is 10.5. The number of amides is 2. The lowest BCUT2D eigenvalue weighted by Gasteiger charge is -2.49. The normalized spacial score (nSPS) is 18.6. The first-order valence-corrected chi connectivity index (χ1v) is 14.6. The molecule has 2 aromatic heterocycles. The Hall–Kier alpha value is -3.57. The standard InChI is InChI=1S/C20H17N9O5S5/c1-34-27-10(8-4-38-20(24)25-8)15(30)26-11-17(31)29-12(19(32)33)7(3-37-18(11)29)13(35)14-6(2-21)16(28-39-14)36-5-9(22)23/h4,11,18H,3,5H2,1H3,(H3,22,23)(H2,24,25)(H,26,30)(H,32,33)/b27-10-/t11-,18+/m1/s1. The van der Waals surface area contributed by atoms with Crippen LogP contribution in [0.25, 0.3) is 0 Å². The van der Waals surface area contributed by atoms with Crippen LogP contribution in [-0.4, -0.2) is 83.6 Å². The van der Waals surface area contributed by atoms with E-state index >= 15 is 0 Å². The number of nitriles is 1. The van der Waals surface area contributed by atoms with E-state index < -0.39 is 29.2 Å². The number of β-lactam (4-membered cyclic amide) rings is 1. The number of rotatable bonds is 10. The molecule has 0 radical (unpaired) electrons. The Bertz CT molecular complexity index is 1510. The number of hydrogen-bond donors (Lipinski definition) is 5. The number of fused-ring (bicyclic) bond motifs is 1. The Morgan fingerprint density at radius 3 is 2.85 bits per heavy atom. The average molecular weight is 624 g/mol. The van der Waals surface area contributed by atoms with Crippen molar-refractivity contribution in [2.75, 3.05) is 24.3 Å². The minimum atomic E-state index is -1.38. The van der Waals surface area contributed by atoms with Gasteiger partial charge < -0.3 is 26.7 Å². The van der Waals surface area contributed by atoms with Gasteiger partial charge in [-0.2, -0.15) is 9.64 Å². The summed E-state index contributed by atoms with van der Waals surface area (Å²) in [6.07, 6.45) is 0. The molecule has 0 spiro atoms. The van der Waals surface area contributed by atoms with Gasteiger partial charge in [0.1, 0.15) is 52.4 Å². The molecule has 0 bridgehead atoms. The Labute approximate surface area is 242 Å². The highest BCUT2D eigenvalue weighted by molar-refractivity contribution is 8.00. The van der Waals surface area contributed by atoms with Crippen molar-refractivity contribution in [1.29, 1.82) is 10.7 Å². The summed E-state index contributed by atoms with van der Waals surface area (Å²) >= 11 is 9.88. The highest BCUT2D eigenvalue weighted by Crippen LogP contribution is 2.42. The zero-order chi connectivity index (χ0) is 28.4. The number of carboxylic acids is 1. The molecule has 7 N–H and O–H groups in total. The van der Waals surface area contributed by atoms with Gasteiger partial charge in [0, 0.05) is 16.7 Å². The van der Waals surface area contributed by atoms with Crippen molar-refractivity contribution < 1.29 is 24.3 Å². The van der Waals surface area contributed by atoms with E-state index in [-0.39, 0.29) is 60.5 Å². The summed E-state index contributed by atoms with van der Waals surface area (Å²) in [5, 5.41) is 34.7. The molecule has 4 rings (SSSR count). The van der Waals surface area contributed by atoms with Crippen LogP contribution in [0, 0.1) is 16.7 Å². The number of nitrogens with two attached hydrogens (primary N) is 2. The van der Waals surface area contributed by atoms with Crippen molar-refractivity contribution >= 4 is 97.9 Å². The van der Waals surface area contributed by atoms with E-state index in [2.05, 4.69) is 19.8 Å². The van der Waals surface area contributed by atoms with Crippen LogP contribution in [0.4, 0.5) is 5.13 Å². The number of nitrogens with one attached hydrogen (secondary N) is 2. The molecule has 4 heterocycles. The third kappa shape index (κ3) is 5.46. The van der Waals surface area contributed by atoms with Gasteiger partial charge in [0.25, 0.3) is 11.8 Å². The Morgan fingerprint density at radius 2 is 2.26 bits per heavy atom. The predicted octanol–water partition coefficient (Wildman–Crippen LogP) is 0.589. The van der Waals surface area contributed by atoms with Gasteiger partial charge >= 0.3 is 5.97 Å². The second-order valence-corrected chi connectivity index (χ2v) is 11.8. The van der Waals surface area contributed by atoms with Gasteiger partial charge in [-0.3, -0.25) is 19.9 Å². The van der Waals surface area contributed by atoms with Gasteiger partial charge in [-0.05, 0) is 11.5 Å². The van der Waals surface area contributed by atoms with E-state index in [1.54, 1.807) is 0 Å². The number of aliphatic carboxylic acids is 1. The number of nitrogen functional groups attached to an aromatic ring is 1. The van der Waals surface area contributed by atoms with Gasteiger partial charge in [0.2, 0.25) is 0 Å². The van der Waals surface area contributed by atoms with E-state index in [1.807, 2.05) is 6.07 Å². The zero-order valence-electron chi connectivity index (χ0n) is 19.7. The molecule has 202 valence electrons.